The lowest BCUT2D eigenvalue weighted by molar-refractivity contribution is 0.567. The van der Waals surface area contributed by atoms with Gasteiger partial charge >= 0.3 is 0 Å². The number of unbranched alkanes of at least 4 members (excludes halogenated alkanes) is 3. The first-order chi connectivity index (χ1) is 11.8. The molecule has 1 nitrogen and oxygen atoms in total. The molecule has 0 spiro atoms. The Bertz CT molecular complexity index is 721. The van der Waals surface area contributed by atoms with E-state index in [-0.39, 0.29) is 0 Å². The Kier molecular flexibility index (Phi) is 6.37. The largest absolute Gasteiger partial charge is 0.340 e. The molecule has 0 N–H and O–H groups in total. The van der Waals surface area contributed by atoms with Gasteiger partial charge in [0.05, 0.1) is 0 Å². The average Bonchev–Trinajstić information content (AvgIpc) is 2.93. The van der Waals surface area contributed by atoms with Crippen molar-refractivity contribution in [2.24, 2.45) is 0 Å². The van der Waals surface area contributed by atoms with Gasteiger partial charge in [0.2, 0.25) is 0 Å². The molecule has 24 heavy (non-hydrogen) atoms. The summed E-state index contributed by atoms with van der Waals surface area (Å²) in [7, 11) is 0. The summed E-state index contributed by atoms with van der Waals surface area (Å²) in [6, 6.07) is 17.6. The van der Waals surface area contributed by atoms with Crippen LogP contribution in [0.4, 0.5) is 0 Å². The first-order valence-electron chi connectivity index (χ1n) is 9.41. The lowest BCUT2D eigenvalue weighted by atomic mass is 10.1. The molecule has 128 valence electrons. The summed E-state index contributed by atoms with van der Waals surface area (Å²) in [5, 5.41) is 2.76. The van der Waals surface area contributed by atoms with Crippen molar-refractivity contribution in [1.29, 1.82) is 0 Å². The number of para-hydroxylation sites is 2. The smallest absolute Gasteiger partial charge is 0.0491 e. The summed E-state index contributed by atoms with van der Waals surface area (Å²) in [6.45, 7) is 3.38. The van der Waals surface area contributed by atoms with E-state index in [1.54, 1.807) is 0 Å². The number of aromatic nitrogens is 1. The summed E-state index contributed by atoms with van der Waals surface area (Å²) in [6.07, 6.45) is 9.24. The van der Waals surface area contributed by atoms with Gasteiger partial charge in [-0.3, -0.25) is 0 Å². The third kappa shape index (κ3) is 4.03. The van der Waals surface area contributed by atoms with Gasteiger partial charge in [-0.05, 0) is 31.4 Å². The van der Waals surface area contributed by atoms with Crippen LogP contribution >= 0.6 is 15.9 Å². The van der Waals surface area contributed by atoms with Crippen molar-refractivity contribution in [3.05, 3.63) is 48.5 Å². The normalized spacial score (nSPS) is 12.9. The van der Waals surface area contributed by atoms with Gasteiger partial charge in [-0.2, -0.15) is 0 Å². The minimum Gasteiger partial charge on any atom is -0.340 e. The molecular weight excluding hydrogens is 358 g/mol. The maximum atomic E-state index is 3.88. The van der Waals surface area contributed by atoms with Crippen molar-refractivity contribution in [1.82, 2.24) is 4.57 Å². The minimum absolute atomic E-state index is 0.669. The minimum atomic E-state index is 0.669. The fourth-order valence-corrected chi connectivity index (χ4v) is 4.30. The van der Waals surface area contributed by atoms with Gasteiger partial charge in [0, 0.05) is 33.2 Å². The quantitative estimate of drug-likeness (QED) is 0.268. The number of rotatable bonds is 9. The van der Waals surface area contributed by atoms with E-state index in [4.69, 9.17) is 0 Å². The van der Waals surface area contributed by atoms with Crippen LogP contribution in [0.15, 0.2) is 48.5 Å². The monoisotopic (exact) mass is 385 g/mol. The number of nitrogens with zero attached hydrogens (tertiary/aromatic N) is 1. The Morgan fingerprint density at radius 2 is 1.38 bits per heavy atom. The number of benzene rings is 2. The zero-order chi connectivity index (χ0) is 16.8. The van der Waals surface area contributed by atoms with E-state index < -0.39 is 0 Å². The summed E-state index contributed by atoms with van der Waals surface area (Å²) in [5.41, 5.74) is 2.74. The van der Waals surface area contributed by atoms with E-state index >= 15 is 0 Å². The second kappa shape index (κ2) is 8.71. The number of hydrogen-bond donors (Lipinski definition) is 0. The van der Waals surface area contributed by atoms with Crippen LogP contribution in [-0.2, 0) is 6.54 Å². The van der Waals surface area contributed by atoms with E-state index in [1.165, 1.54) is 66.8 Å². The molecule has 0 fully saturated rings. The number of halogens is 1. The molecule has 2 heteroatoms. The molecule has 3 rings (SSSR count). The average molecular weight is 386 g/mol. The summed E-state index contributed by atoms with van der Waals surface area (Å²) < 4.78 is 2.50. The van der Waals surface area contributed by atoms with E-state index in [2.05, 4.69) is 76.0 Å². The molecular formula is C22H28BrN. The molecule has 1 aromatic heterocycles. The lowest BCUT2D eigenvalue weighted by Crippen LogP contribution is -2.03. The van der Waals surface area contributed by atoms with Gasteiger partial charge in [-0.15, -0.1) is 0 Å². The van der Waals surface area contributed by atoms with Gasteiger partial charge in [0.25, 0.3) is 0 Å². The maximum Gasteiger partial charge on any atom is 0.0491 e. The third-order valence-electron chi connectivity index (χ3n) is 4.95. The highest BCUT2D eigenvalue weighted by Crippen LogP contribution is 2.29. The Morgan fingerprint density at radius 1 is 0.792 bits per heavy atom. The van der Waals surface area contributed by atoms with E-state index in [0.717, 1.165) is 6.54 Å². The third-order valence-corrected chi connectivity index (χ3v) is 5.87. The predicted octanol–water partition coefficient (Wildman–Crippen LogP) is 7.31. The van der Waals surface area contributed by atoms with Crippen LogP contribution in [0.25, 0.3) is 21.8 Å². The Labute approximate surface area is 154 Å². The van der Waals surface area contributed by atoms with Crippen molar-refractivity contribution in [2.45, 2.75) is 63.2 Å². The number of fused-ring (bicyclic) bond motifs is 3. The highest BCUT2D eigenvalue weighted by molar-refractivity contribution is 9.09. The molecule has 2 aromatic carbocycles. The highest BCUT2D eigenvalue weighted by atomic mass is 79.9. The van der Waals surface area contributed by atoms with Gasteiger partial charge < -0.3 is 4.57 Å². The maximum absolute atomic E-state index is 3.88. The Morgan fingerprint density at radius 3 is 2.00 bits per heavy atom. The van der Waals surface area contributed by atoms with Gasteiger partial charge in [-0.1, -0.05) is 84.9 Å². The first-order valence-corrected chi connectivity index (χ1v) is 10.3. The molecule has 0 radical (unpaired) electrons. The van der Waals surface area contributed by atoms with E-state index in [1.807, 2.05) is 0 Å². The molecule has 1 heterocycles. The molecule has 1 unspecified atom stereocenters. The molecule has 1 atom stereocenters. The van der Waals surface area contributed by atoms with Gasteiger partial charge in [-0.25, -0.2) is 0 Å². The van der Waals surface area contributed by atoms with Gasteiger partial charge in [0.1, 0.15) is 0 Å². The molecule has 0 saturated heterocycles. The Balaban J connectivity index is 1.64. The molecule has 0 amide bonds. The number of aryl methyl sites for hydroxylation is 1. The van der Waals surface area contributed by atoms with Crippen LogP contribution < -0.4 is 0 Å². The van der Waals surface area contributed by atoms with Crippen molar-refractivity contribution in [3.8, 4) is 0 Å². The fourth-order valence-electron chi connectivity index (χ4n) is 3.65. The van der Waals surface area contributed by atoms with Crippen LogP contribution in [0.2, 0.25) is 0 Å². The first kappa shape index (κ1) is 17.5. The molecule has 3 aromatic rings. The zero-order valence-corrected chi connectivity index (χ0v) is 16.3. The summed E-state index contributed by atoms with van der Waals surface area (Å²) in [4.78, 5) is 0.669. The molecule has 0 aliphatic carbocycles. The van der Waals surface area contributed by atoms with Crippen LogP contribution in [0, 0.1) is 0 Å². The van der Waals surface area contributed by atoms with Crippen molar-refractivity contribution >= 4 is 37.7 Å². The van der Waals surface area contributed by atoms with Crippen LogP contribution in [0.1, 0.15) is 51.9 Å². The zero-order valence-electron chi connectivity index (χ0n) is 14.7. The van der Waals surface area contributed by atoms with Crippen molar-refractivity contribution < 1.29 is 0 Å². The summed E-state index contributed by atoms with van der Waals surface area (Å²) in [5.74, 6) is 0. The second-order valence-corrected chi connectivity index (χ2v) is 8.07. The second-order valence-electron chi connectivity index (χ2n) is 6.77. The summed E-state index contributed by atoms with van der Waals surface area (Å²) >= 11 is 3.88. The number of hydrogen-bond acceptors (Lipinski definition) is 0. The highest BCUT2D eigenvalue weighted by Gasteiger charge is 2.10. The van der Waals surface area contributed by atoms with Gasteiger partial charge in [0.15, 0.2) is 0 Å². The predicted molar refractivity (Wildman–Crippen MR) is 110 cm³/mol. The topological polar surface area (TPSA) is 4.93 Å². The van der Waals surface area contributed by atoms with E-state index in [0.29, 0.717) is 4.83 Å². The lowest BCUT2D eigenvalue weighted by Gasteiger charge is -2.11. The van der Waals surface area contributed by atoms with Crippen molar-refractivity contribution in [2.75, 3.05) is 0 Å². The van der Waals surface area contributed by atoms with Crippen LogP contribution in [-0.4, -0.2) is 9.39 Å². The fraction of sp³-hybridized carbons (Fsp3) is 0.455. The van der Waals surface area contributed by atoms with Crippen LogP contribution in [0.3, 0.4) is 0 Å². The molecule has 0 bridgehead atoms. The van der Waals surface area contributed by atoms with Crippen LogP contribution in [0.5, 0.6) is 0 Å². The Hall–Kier alpha value is -1.28. The standard InChI is InChI=1S/C22H28BrN/c1-2-3-4-5-11-18(23)12-10-17-24-21-15-8-6-13-19(21)20-14-7-9-16-22(20)24/h6-9,13-16,18H,2-5,10-12,17H2,1H3. The molecule has 0 aliphatic heterocycles. The molecule has 0 saturated carbocycles. The van der Waals surface area contributed by atoms with E-state index in [9.17, 15) is 0 Å². The number of alkyl halides is 1. The van der Waals surface area contributed by atoms with Crippen molar-refractivity contribution in [3.63, 3.8) is 0 Å². The molecule has 0 aliphatic rings. The SMILES string of the molecule is CCCCCCC(Br)CCCn1c2ccccc2c2ccccc21.